The van der Waals surface area contributed by atoms with Crippen LogP contribution >= 0.6 is 0 Å². The van der Waals surface area contributed by atoms with Gasteiger partial charge in [-0.1, -0.05) is 32.3 Å². The standard InChI is InChI=1S/C26H32FN5O3S/c1-3-6-19-13-28-25(29-14-19)32-21-8-5-4-7-18(11-21)17-35-26-30-15-20(16-31-26)23-10-9-22(12-24(23)27)36(2,33)34/h9-10,12-16,18,21H,3-8,11,17H2,1-2H3,(H,28,29,32)/t18-,21-/m0/s1. The highest BCUT2D eigenvalue weighted by atomic mass is 32.2. The van der Waals surface area contributed by atoms with E-state index in [0.29, 0.717) is 24.0 Å². The number of nitrogens with zero attached hydrogens (tertiary/aromatic N) is 4. The number of nitrogens with one attached hydrogen (secondary N) is 1. The first-order valence-corrected chi connectivity index (χ1v) is 14.2. The molecular weight excluding hydrogens is 481 g/mol. The summed E-state index contributed by atoms with van der Waals surface area (Å²) in [5.74, 6) is 0.363. The number of anilines is 1. The van der Waals surface area contributed by atoms with E-state index in [1.54, 1.807) is 0 Å². The van der Waals surface area contributed by atoms with Gasteiger partial charge in [0.25, 0.3) is 0 Å². The number of benzene rings is 1. The number of ether oxygens (including phenoxy) is 1. The Morgan fingerprint density at radius 1 is 1.06 bits per heavy atom. The summed E-state index contributed by atoms with van der Waals surface area (Å²) in [6, 6.07) is 4.31. The summed E-state index contributed by atoms with van der Waals surface area (Å²) in [7, 11) is -3.48. The molecule has 1 fully saturated rings. The number of hydrogen-bond acceptors (Lipinski definition) is 8. The van der Waals surface area contributed by atoms with Crippen LogP contribution < -0.4 is 10.1 Å². The molecule has 0 bridgehead atoms. The molecule has 0 amide bonds. The van der Waals surface area contributed by atoms with Crippen molar-refractivity contribution in [1.82, 2.24) is 19.9 Å². The van der Waals surface area contributed by atoms with Gasteiger partial charge in [0.05, 0.1) is 11.5 Å². The number of aryl methyl sites for hydroxylation is 1. The Morgan fingerprint density at radius 2 is 1.78 bits per heavy atom. The van der Waals surface area contributed by atoms with Crippen molar-refractivity contribution in [2.45, 2.75) is 62.8 Å². The molecule has 8 nitrogen and oxygen atoms in total. The second-order valence-electron chi connectivity index (χ2n) is 9.37. The lowest BCUT2D eigenvalue weighted by Crippen LogP contribution is -2.25. The van der Waals surface area contributed by atoms with Crippen LogP contribution in [0.1, 0.15) is 51.0 Å². The number of aromatic nitrogens is 4. The van der Waals surface area contributed by atoms with Crippen molar-refractivity contribution in [3.63, 3.8) is 0 Å². The molecule has 1 saturated carbocycles. The molecule has 1 N–H and O–H groups in total. The van der Waals surface area contributed by atoms with Gasteiger partial charge < -0.3 is 10.1 Å². The van der Waals surface area contributed by atoms with Gasteiger partial charge in [-0.2, -0.15) is 0 Å². The zero-order chi connectivity index (χ0) is 25.5. The van der Waals surface area contributed by atoms with Crippen LogP contribution in [0.4, 0.5) is 10.3 Å². The largest absolute Gasteiger partial charge is 0.463 e. The van der Waals surface area contributed by atoms with E-state index in [0.717, 1.165) is 62.8 Å². The van der Waals surface area contributed by atoms with Crippen LogP contribution in [0.25, 0.3) is 11.1 Å². The molecule has 1 aliphatic rings. The summed E-state index contributed by atoms with van der Waals surface area (Å²) in [5.41, 5.74) is 1.83. The minimum atomic E-state index is -3.48. The highest BCUT2D eigenvalue weighted by Gasteiger charge is 2.22. The second kappa shape index (κ2) is 11.7. The van der Waals surface area contributed by atoms with E-state index in [4.69, 9.17) is 4.74 Å². The number of sulfone groups is 1. The van der Waals surface area contributed by atoms with Gasteiger partial charge in [-0.15, -0.1) is 0 Å². The lowest BCUT2D eigenvalue weighted by Gasteiger charge is -2.21. The maximum atomic E-state index is 14.5. The van der Waals surface area contributed by atoms with Crippen molar-refractivity contribution >= 4 is 15.8 Å². The first-order valence-electron chi connectivity index (χ1n) is 12.3. The van der Waals surface area contributed by atoms with E-state index >= 15 is 0 Å². The van der Waals surface area contributed by atoms with Gasteiger partial charge in [0, 0.05) is 48.2 Å². The van der Waals surface area contributed by atoms with E-state index in [1.807, 2.05) is 12.4 Å². The quantitative estimate of drug-likeness (QED) is 0.404. The zero-order valence-electron chi connectivity index (χ0n) is 20.7. The molecule has 36 heavy (non-hydrogen) atoms. The van der Waals surface area contributed by atoms with Gasteiger partial charge in [-0.25, -0.2) is 32.7 Å². The Bertz CT molecular complexity index is 1250. The molecule has 3 aromatic rings. The van der Waals surface area contributed by atoms with Crippen LogP contribution in [0.3, 0.4) is 0 Å². The Morgan fingerprint density at radius 3 is 2.44 bits per heavy atom. The summed E-state index contributed by atoms with van der Waals surface area (Å²) >= 11 is 0. The molecule has 0 saturated heterocycles. The predicted octanol–water partition coefficient (Wildman–Crippen LogP) is 4.87. The van der Waals surface area contributed by atoms with Crippen molar-refractivity contribution in [3.8, 4) is 17.1 Å². The fourth-order valence-corrected chi connectivity index (χ4v) is 5.09. The fourth-order valence-electron chi connectivity index (χ4n) is 4.46. The van der Waals surface area contributed by atoms with E-state index in [1.165, 1.54) is 24.5 Å². The van der Waals surface area contributed by atoms with E-state index in [2.05, 4.69) is 32.2 Å². The average Bonchev–Trinajstić information content (AvgIpc) is 3.09. The van der Waals surface area contributed by atoms with Crippen molar-refractivity contribution in [1.29, 1.82) is 0 Å². The molecule has 2 heterocycles. The van der Waals surface area contributed by atoms with E-state index < -0.39 is 15.7 Å². The molecule has 1 aromatic carbocycles. The van der Waals surface area contributed by atoms with Crippen LogP contribution in [-0.2, 0) is 16.3 Å². The van der Waals surface area contributed by atoms with Gasteiger partial charge in [-0.05, 0) is 49.3 Å². The third kappa shape index (κ3) is 6.96. The molecule has 1 aliphatic carbocycles. The molecule has 10 heteroatoms. The first-order chi connectivity index (χ1) is 17.3. The normalized spacial score (nSPS) is 18.4. The lowest BCUT2D eigenvalue weighted by molar-refractivity contribution is 0.215. The number of rotatable bonds is 9. The van der Waals surface area contributed by atoms with Crippen molar-refractivity contribution in [3.05, 3.63) is 54.4 Å². The highest BCUT2D eigenvalue weighted by molar-refractivity contribution is 7.90. The Labute approximate surface area is 211 Å². The zero-order valence-corrected chi connectivity index (χ0v) is 21.5. The van der Waals surface area contributed by atoms with Gasteiger partial charge in [-0.3, -0.25) is 0 Å². The van der Waals surface area contributed by atoms with Crippen molar-refractivity contribution < 1.29 is 17.5 Å². The maximum absolute atomic E-state index is 14.5. The van der Waals surface area contributed by atoms with Gasteiger partial charge in [0.15, 0.2) is 9.84 Å². The van der Waals surface area contributed by atoms with Gasteiger partial charge in [0.2, 0.25) is 5.95 Å². The summed E-state index contributed by atoms with van der Waals surface area (Å²) in [5, 5.41) is 3.48. The van der Waals surface area contributed by atoms with Crippen LogP contribution in [0, 0.1) is 11.7 Å². The third-order valence-corrected chi connectivity index (χ3v) is 7.48. The number of halogens is 1. The van der Waals surface area contributed by atoms with Crippen molar-refractivity contribution in [2.24, 2.45) is 5.92 Å². The van der Waals surface area contributed by atoms with E-state index in [9.17, 15) is 12.8 Å². The smallest absolute Gasteiger partial charge is 0.316 e. The Balaban J connectivity index is 1.33. The van der Waals surface area contributed by atoms with Crippen LogP contribution in [0.15, 0.2) is 47.9 Å². The second-order valence-corrected chi connectivity index (χ2v) is 11.4. The number of hydrogen-bond donors (Lipinski definition) is 1. The first kappa shape index (κ1) is 25.9. The summed E-state index contributed by atoms with van der Waals surface area (Å²) < 4.78 is 43.6. The van der Waals surface area contributed by atoms with Gasteiger partial charge >= 0.3 is 6.01 Å². The Hall–Kier alpha value is -3.14. The summed E-state index contributed by atoms with van der Waals surface area (Å²) in [6.07, 6.45) is 15.2. The monoisotopic (exact) mass is 513 g/mol. The lowest BCUT2D eigenvalue weighted by atomic mass is 9.99. The minimum absolute atomic E-state index is 0.0686. The molecule has 0 spiro atoms. The maximum Gasteiger partial charge on any atom is 0.316 e. The third-order valence-electron chi connectivity index (χ3n) is 6.37. The van der Waals surface area contributed by atoms with E-state index in [-0.39, 0.29) is 22.5 Å². The molecular formula is C26H32FN5O3S. The Kier molecular flexibility index (Phi) is 8.45. The minimum Gasteiger partial charge on any atom is -0.463 e. The van der Waals surface area contributed by atoms with Crippen LogP contribution in [0.2, 0.25) is 0 Å². The molecule has 2 aromatic heterocycles. The fraction of sp³-hybridized carbons (Fsp3) is 0.462. The molecule has 0 radical (unpaired) electrons. The summed E-state index contributed by atoms with van der Waals surface area (Å²) in [4.78, 5) is 17.3. The SMILES string of the molecule is CCCc1cnc(N[C@H]2CCCC[C@H](COc3ncc(-c4ccc(S(C)(=O)=O)cc4F)cn3)C2)nc1. The summed E-state index contributed by atoms with van der Waals surface area (Å²) in [6.45, 7) is 2.63. The van der Waals surface area contributed by atoms with Crippen molar-refractivity contribution in [2.75, 3.05) is 18.2 Å². The van der Waals surface area contributed by atoms with Gasteiger partial charge in [0.1, 0.15) is 5.82 Å². The van der Waals surface area contributed by atoms with Crippen LogP contribution in [0.5, 0.6) is 6.01 Å². The highest BCUT2D eigenvalue weighted by Crippen LogP contribution is 2.27. The van der Waals surface area contributed by atoms with Crippen LogP contribution in [-0.4, -0.2) is 47.3 Å². The topological polar surface area (TPSA) is 107 Å². The molecule has 2 atom stereocenters. The molecule has 0 unspecified atom stereocenters. The molecule has 192 valence electrons. The molecule has 4 rings (SSSR count). The average molecular weight is 514 g/mol. The molecule has 0 aliphatic heterocycles. The predicted molar refractivity (Wildman–Crippen MR) is 136 cm³/mol.